The summed E-state index contributed by atoms with van der Waals surface area (Å²) in [6.07, 6.45) is 3.45. The highest BCUT2D eigenvalue weighted by atomic mass is 19.1. The molecular formula is C38H36F2N4O. The van der Waals surface area contributed by atoms with Crippen molar-refractivity contribution in [1.82, 2.24) is 19.3 Å². The van der Waals surface area contributed by atoms with Crippen molar-refractivity contribution in [3.63, 3.8) is 0 Å². The number of allylic oxidation sites excluding steroid dienone is 2. The van der Waals surface area contributed by atoms with Gasteiger partial charge in [-0.05, 0) is 80.1 Å². The van der Waals surface area contributed by atoms with Crippen LogP contribution in [0.5, 0.6) is 11.5 Å². The summed E-state index contributed by atoms with van der Waals surface area (Å²) in [5, 5.41) is 7.03. The smallest absolute Gasteiger partial charge is 0.137 e. The number of hydrogen-bond acceptors (Lipinski definition) is 3. The van der Waals surface area contributed by atoms with Crippen molar-refractivity contribution in [3.05, 3.63) is 119 Å². The largest absolute Gasteiger partial charge is 0.457 e. The number of aromatic nitrogens is 4. The monoisotopic (exact) mass is 602 g/mol. The lowest BCUT2D eigenvalue weighted by Crippen LogP contribution is -2.20. The first-order valence-corrected chi connectivity index (χ1v) is 15.7. The summed E-state index contributed by atoms with van der Waals surface area (Å²) in [7, 11) is 0. The number of halogens is 2. The second-order valence-electron chi connectivity index (χ2n) is 12.1. The van der Waals surface area contributed by atoms with Crippen molar-refractivity contribution >= 4 is 21.8 Å². The van der Waals surface area contributed by atoms with Crippen LogP contribution in [0.3, 0.4) is 0 Å². The number of pyridine rings is 1. The molecule has 2 atom stereocenters. The highest BCUT2D eigenvalue weighted by Crippen LogP contribution is 2.41. The van der Waals surface area contributed by atoms with E-state index < -0.39 is 17.9 Å². The van der Waals surface area contributed by atoms with E-state index in [-0.39, 0.29) is 0 Å². The van der Waals surface area contributed by atoms with Crippen LogP contribution in [0, 0.1) is 6.92 Å². The number of aryl methyl sites for hydroxylation is 1. The number of para-hydroxylation sites is 1. The molecule has 3 aromatic carbocycles. The Kier molecular flexibility index (Phi) is 7.48. The molecule has 0 fully saturated rings. The molecule has 7 rings (SSSR count). The van der Waals surface area contributed by atoms with E-state index >= 15 is 4.39 Å². The van der Waals surface area contributed by atoms with E-state index in [2.05, 4.69) is 60.9 Å². The Morgan fingerprint density at radius 2 is 1.73 bits per heavy atom. The molecule has 7 heteroatoms. The SMILES string of the molecule is CCc1c([C@@H]2C(F)=CCC[C@@H]2F)c(C)nn1-c1cccc(Oc2ccc3c4ccccc4n(-c4cc(C(C)C)ccn4)c3c2)c1. The zero-order valence-corrected chi connectivity index (χ0v) is 26.0. The highest BCUT2D eigenvalue weighted by Gasteiger charge is 2.35. The Morgan fingerprint density at radius 3 is 2.53 bits per heavy atom. The van der Waals surface area contributed by atoms with Crippen LogP contribution >= 0.6 is 0 Å². The lowest BCUT2D eigenvalue weighted by Gasteiger charge is -2.24. The summed E-state index contributed by atoms with van der Waals surface area (Å²) in [6, 6.07) is 26.4. The molecule has 0 unspecified atom stereocenters. The Balaban J connectivity index is 1.28. The van der Waals surface area contributed by atoms with Crippen LogP contribution in [0.1, 0.15) is 68.0 Å². The summed E-state index contributed by atoms with van der Waals surface area (Å²) in [5.41, 5.74) is 6.19. The van der Waals surface area contributed by atoms with Gasteiger partial charge in [0.2, 0.25) is 0 Å². The van der Waals surface area contributed by atoms with Gasteiger partial charge in [-0.15, -0.1) is 0 Å². The van der Waals surface area contributed by atoms with E-state index in [9.17, 15) is 4.39 Å². The molecule has 1 aliphatic rings. The van der Waals surface area contributed by atoms with Crippen LogP contribution in [-0.2, 0) is 6.42 Å². The molecule has 5 nitrogen and oxygen atoms in total. The molecular weight excluding hydrogens is 566 g/mol. The molecule has 0 N–H and O–H groups in total. The highest BCUT2D eigenvalue weighted by molar-refractivity contribution is 6.09. The number of nitrogens with zero attached hydrogens (tertiary/aromatic N) is 4. The molecule has 0 radical (unpaired) electrons. The molecule has 0 saturated heterocycles. The first kappa shape index (κ1) is 29.0. The molecule has 3 aromatic heterocycles. The van der Waals surface area contributed by atoms with Gasteiger partial charge in [0, 0.05) is 40.4 Å². The molecule has 228 valence electrons. The Labute approximate surface area is 261 Å². The van der Waals surface area contributed by atoms with Crippen molar-refractivity contribution in [2.24, 2.45) is 0 Å². The van der Waals surface area contributed by atoms with E-state index in [1.165, 1.54) is 11.6 Å². The van der Waals surface area contributed by atoms with Gasteiger partial charge in [-0.3, -0.25) is 4.57 Å². The van der Waals surface area contributed by atoms with Gasteiger partial charge in [0.25, 0.3) is 0 Å². The minimum atomic E-state index is -1.26. The summed E-state index contributed by atoms with van der Waals surface area (Å²) in [6.45, 7) is 8.19. The lowest BCUT2D eigenvalue weighted by molar-refractivity contribution is 0.251. The topological polar surface area (TPSA) is 44.9 Å². The van der Waals surface area contributed by atoms with Crippen LogP contribution in [-0.4, -0.2) is 25.5 Å². The second-order valence-corrected chi connectivity index (χ2v) is 12.1. The Morgan fingerprint density at radius 1 is 0.933 bits per heavy atom. The van der Waals surface area contributed by atoms with Crippen molar-refractivity contribution in [2.75, 3.05) is 0 Å². The average Bonchev–Trinajstić information content (AvgIpc) is 3.55. The summed E-state index contributed by atoms with van der Waals surface area (Å²) in [4.78, 5) is 4.75. The third-order valence-electron chi connectivity index (χ3n) is 8.90. The molecule has 1 aliphatic carbocycles. The fourth-order valence-corrected chi connectivity index (χ4v) is 6.70. The summed E-state index contributed by atoms with van der Waals surface area (Å²) in [5.74, 6) is 1.26. The van der Waals surface area contributed by atoms with Gasteiger partial charge in [-0.25, -0.2) is 18.4 Å². The third kappa shape index (κ3) is 5.10. The van der Waals surface area contributed by atoms with E-state index in [0.717, 1.165) is 39.0 Å². The Hall–Kier alpha value is -4.78. The van der Waals surface area contributed by atoms with E-state index in [1.807, 2.05) is 56.4 Å². The van der Waals surface area contributed by atoms with Crippen LogP contribution < -0.4 is 4.74 Å². The van der Waals surface area contributed by atoms with Gasteiger partial charge < -0.3 is 4.74 Å². The first-order valence-electron chi connectivity index (χ1n) is 15.7. The minimum Gasteiger partial charge on any atom is -0.457 e. The van der Waals surface area contributed by atoms with Gasteiger partial charge in [-0.1, -0.05) is 51.1 Å². The predicted molar refractivity (Wildman–Crippen MR) is 176 cm³/mol. The average molecular weight is 603 g/mol. The maximum absolute atomic E-state index is 15.0. The normalized spacial score (nSPS) is 16.9. The molecule has 45 heavy (non-hydrogen) atoms. The number of ether oxygens (including phenoxy) is 1. The van der Waals surface area contributed by atoms with Gasteiger partial charge in [0.1, 0.15) is 29.3 Å². The molecule has 0 saturated carbocycles. The van der Waals surface area contributed by atoms with Crippen LogP contribution in [0.25, 0.3) is 33.3 Å². The van der Waals surface area contributed by atoms with Crippen LogP contribution in [0.2, 0.25) is 0 Å². The van der Waals surface area contributed by atoms with E-state index in [1.54, 1.807) is 4.68 Å². The standard InChI is InChI=1S/C38H36F2N4O/c1-5-33-37(38-31(39)13-9-14-32(38)40)24(4)42-44(33)26-10-8-11-27(21-26)45-28-16-17-30-29-12-6-7-15-34(29)43(35(30)22-28)36-20-25(23(2)3)18-19-41-36/h6-8,10-13,15-23,32,38H,5,9,14H2,1-4H3/t32-,38+/m0/s1. The van der Waals surface area contributed by atoms with Gasteiger partial charge >= 0.3 is 0 Å². The van der Waals surface area contributed by atoms with Gasteiger partial charge in [0.05, 0.1) is 28.3 Å². The molecule has 0 bridgehead atoms. The number of benzene rings is 3. The zero-order valence-electron chi connectivity index (χ0n) is 26.0. The van der Waals surface area contributed by atoms with Gasteiger partial charge in [-0.2, -0.15) is 5.10 Å². The maximum atomic E-state index is 15.0. The van der Waals surface area contributed by atoms with Crippen molar-refractivity contribution in [3.8, 4) is 23.0 Å². The van der Waals surface area contributed by atoms with Gasteiger partial charge in [0.15, 0.2) is 0 Å². The fourth-order valence-electron chi connectivity index (χ4n) is 6.70. The van der Waals surface area contributed by atoms with Crippen molar-refractivity contribution in [1.29, 1.82) is 0 Å². The third-order valence-corrected chi connectivity index (χ3v) is 8.90. The number of alkyl halides is 1. The van der Waals surface area contributed by atoms with Crippen LogP contribution in [0.4, 0.5) is 8.78 Å². The Bertz CT molecular complexity index is 2070. The first-order chi connectivity index (χ1) is 21.8. The number of fused-ring (bicyclic) bond motifs is 3. The van der Waals surface area contributed by atoms with E-state index in [0.29, 0.717) is 47.9 Å². The molecule has 0 amide bonds. The quantitative estimate of drug-likeness (QED) is 0.183. The zero-order chi connectivity index (χ0) is 31.2. The van der Waals surface area contributed by atoms with Crippen molar-refractivity contribution < 1.29 is 13.5 Å². The van der Waals surface area contributed by atoms with E-state index in [4.69, 9.17) is 14.8 Å². The summed E-state index contributed by atoms with van der Waals surface area (Å²) >= 11 is 0. The molecule has 0 spiro atoms. The number of hydrogen-bond donors (Lipinski definition) is 0. The molecule has 6 aromatic rings. The summed E-state index contributed by atoms with van der Waals surface area (Å²) < 4.78 is 40.4. The van der Waals surface area contributed by atoms with Crippen LogP contribution in [0.15, 0.2) is 97.0 Å². The minimum absolute atomic E-state index is 0.317. The lowest BCUT2D eigenvalue weighted by atomic mass is 9.85. The fraction of sp³-hybridized carbons (Fsp3) is 0.263. The predicted octanol–water partition coefficient (Wildman–Crippen LogP) is 10.2. The second kappa shape index (κ2) is 11.6. The van der Waals surface area contributed by atoms with Crippen molar-refractivity contribution in [2.45, 2.75) is 65.0 Å². The molecule has 0 aliphatic heterocycles. The number of rotatable bonds is 7. The maximum Gasteiger partial charge on any atom is 0.137 e. The molecule has 3 heterocycles.